The number of carbonyl (C=O) groups is 2. The fraction of sp³-hybridized carbons (Fsp3) is 0.714. The zero-order valence-electron chi connectivity index (χ0n) is 20.3. The number of esters is 1. The molecule has 0 amide bonds. The van der Waals surface area contributed by atoms with E-state index in [2.05, 4.69) is 20.8 Å². The summed E-state index contributed by atoms with van der Waals surface area (Å²) in [7, 11) is 0. The molecular formula is C28H38O5. The van der Waals surface area contributed by atoms with E-state index in [0.29, 0.717) is 29.7 Å². The van der Waals surface area contributed by atoms with E-state index in [1.807, 2.05) is 13.0 Å². The van der Waals surface area contributed by atoms with Crippen molar-refractivity contribution in [2.45, 2.75) is 78.4 Å². The first-order chi connectivity index (χ1) is 15.6. The van der Waals surface area contributed by atoms with Gasteiger partial charge < -0.3 is 14.9 Å². The number of carbonyl (C=O) groups excluding carboxylic acids is 2. The van der Waals surface area contributed by atoms with Crippen LogP contribution in [0.3, 0.4) is 0 Å². The van der Waals surface area contributed by atoms with Crippen LogP contribution in [0.2, 0.25) is 0 Å². The molecule has 5 nitrogen and oxygen atoms in total. The quantitative estimate of drug-likeness (QED) is 0.626. The van der Waals surface area contributed by atoms with Crippen molar-refractivity contribution < 1.29 is 24.5 Å². The van der Waals surface area contributed by atoms with Gasteiger partial charge in [0, 0.05) is 6.42 Å². The molecule has 0 unspecified atom stereocenters. The Balaban J connectivity index is 1.41. The molecule has 4 aliphatic carbocycles. The van der Waals surface area contributed by atoms with Crippen LogP contribution in [-0.4, -0.2) is 40.8 Å². The number of aliphatic hydroxyl groups excluding tert-OH is 2. The summed E-state index contributed by atoms with van der Waals surface area (Å²) in [4.78, 5) is 25.5. The van der Waals surface area contributed by atoms with Crippen molar-refractivity contribution in [2.24, 2.45) is 40.4 Å². The standard InChI is InChI=1S/C28H38O5/c1-15-12-24(33-26(32)18(15)14-29)16(2)19-8-9-20-17-13-23(30)22-6-5-7-25(31)28(22,4)21(17)10-11-27(19,20)3/h5-7,16-17,19-21,23-24,29-30H,8-14H2,1-4H3/t16-,17-,19+,20-,21-,23+,24-,27+,28+/m0/s1. The van der Waals surface area contributed by atoms with Crippen LogP contribution in [0.4, 0.5) is 0 Å². The minimum atomic E-state index is -0.580. The highest BCUT2D eigenvalue weighted by Gasteiger charge is 2.62. The highest BCUT2D eigenvalue weighted by Crippen LogP contribution is 2.67. The number of fused-ring (bicyclic) bond motifs is 5. The lowest BCUT2D eigenvalue weighted by molar-refractivity contribution is -0.153. The van der Waals surface area contributed by atoms with Crippen LogP contribution in [0.5, 0.6) is 0 Å². The van der Waals surface area contributed by atoms with E-state index in [-0.39, 0.29) is 41.7 Å². The first kappa shape index (κ1) is 23.0. The third-order valence-electron chi connectivity index (χ3n) is 10.6. The van der Waals surface area contributed by atoms with E-state index >= 15 is 0 Å². The Morgan fingerprint density at radius 3 is 2.64 bits per heavy atom. The maximum absolute atomic E-state index is 13.1. The molecule has 5 aliphatic rings. The third-order valence-corrected chi connectivity index (χ3v) is 10.6. The van der Waals surface area contributed by atoms with E-state index < -0.39 is 11.5 Å². The fourth-order valence-corrected chi connectivity index (χ4v) is 8.81. The summed E-state index contributed by atoms with van der Waals surface area (Å²) in [6.07, 6.45) is 10.5. The van der Waals surface area contributed by atoms with Crippen LogP contribution in [0.1, 0.15) is 66.2 Å². The second kappa shape index (κ2) is 7.91. The average Bonchev–Trinajstić information content (AvgIpc) is 3.12. The van der Waals surface area contributed by atoms with Crippen LogP contribution in [0, 0.1) is 40.4 Å². The zero-order valence-corrected chi connectivity index (χ0v) is 20.3. The van der Waals surface area contributed by atoms with Gasteiger partial charge in [-0.1, -0.05) is 31.6 Å². The minimum Gasteiger partial charge on any atom is -0.458 e. The Hall–Kier alpha value is -1.72. The highest BCUT2D eigenvalue weighted by molar-refractivity contribution is 5.99. The number of aliphatic hydroxyl groups is 2. The summed E-state index contributed by atoms with van der Waals surface area (Å²) in [5, 5.41) is 20.6. The van der Waals surface area contributed by atoms with Gasteiger partial charge in [-0.25, -0.2) is 4.79 Å². The topological polar surface area (TPSA) is 83.8 Å². The molecular weight excluding hydrogens is 416 g/mol. The Kier molecular flexibility index (Phi) is 5.52. The Bertz CT molecular complexity index is 959. The fourth-order valence-electron chi connectivity index (χ4n) is 8.81. The molecule has 9 atom stereocenters. The summed E-state index contributed by atoms with van der Waals surface area (Å²) >= 11 is 0. The molecule has 0 bridgehead atoms. The summed E-state index contributed by atoms with van der Waals surface area (Å²) < 4.78 is 5.83. The molecule has 3 fully saturated rings. The van der Waals surface area contributed by atoms with Gasteiger partial charge in [0.25, 0.3) is 0 Å². The first-order valence-electron chi connectivity index (χ1n) is 12.7. The SMILES string of the molecule is CC1=C(CO)C(=O)O[C@H]([C@@H](C)[C@H]2CC[C@H]3[C@@H]4C[C@@H](O)C5=CC=CC(=O)[C@]5(C)[C@H]4CC[C@]23C)C1. The minimum absolute atomic E-state index is 0.118. The van der Waals surface area contributed by atoms with Crippen molar-refractivity contribution in [2.75, 3.05) is 6.61 Å². The Morgan fingerprint density at radius 1 is 1.18 bits per heavy atom. The van der Waals surface area contributed by atoms with Gasteiger partial charge in [0.15, 0.2) is 5.78 Å². The van der Waals surface area contributed by atoms with Gasteiger partial charge in [-0.3, -0.25) is 4.79 Å². The van der Waals surface area contributed by atoms with Gasteiger partial charge in [-0.05, 0) is 92.6 Å². The molecule has 0 aromatic carbocycles. The maximum Gasteiger partial charge on any atom is 0.336 e. The third kappa shape index (κ3) is 3.18. The number of cyclic esters (lactones) is 1. The van der Waals surface area contributed by atoms with Crippen molar-refractivity contribution in [1.29, 1.82) is 0 Å². The number of rotatable bonds is 3. The summed E-state index contributed by atoms with van der Waals surface area (Å²) in [6.45, 7) is 8.38. The molecule has 33 heavy (non-hydrogen) atoms. The normalized spacial score (nSPS) is 45.7. The molecule has 2 N–H and O–H groups in total. The van der Waals surface area contributed by atoms with Gasteiger partial charge in [0.2, 0.25) is 0 Å². The van der Waals surface area contributed by atoms with Crippen molar-refractivity contribution in [3.63, 3.8) is 0 Å². The molecule has 5 heteroatoms. The number of allylic oxidation sites excluding steroid dienone is 3. The Morgan fingerprint density at radius 2 is 1.94 bits per heavy atom. The lowest BCUT2D eigenvalue weighted by Crippen LogP contribution is -2.56. The van der Waals surface area contributed by atoms with E-state index in [1.54, 1.807) is 12.2 Å². The van der Waals surface area contributed by atoms with Crippen LogP contribution in [-0.2, 0) is 14.3 Å². The predicted octanol–water partition coefficient (Wildman–Crippen LogP) is 4.14. The lowest BCUT2D eigenvalue weighted by Gasteiger charge is -2.58. The number of ether oxygens (including phenoxy) is 1. The van der Waals surface area contributed by atoms with Crippen LogP contribution in [0.15, 0.2) is 34.9 Å². The zero-order chi connectivity index (χ0) is 23.7. The van der Waals surface area contributed by atoms with Gasteiger partial charge in [0.05, 0.1) is 23.7 Å². The van der Waals surface area contributed by atoms with Gasteiger partial charge in [0.1, 0.15) is 6.10 Å². The van der Waals surface area contributed by atoms with Gasteiger partial charge in [-0.15, -0.1) is 0 Å². The second-order valence-electron chi connectivity index (χ2n) is 11.8. The van der Waals surface area contributed by atoms with Crippen molar-refractivity contribution in [3.05, 3.63) is 34.9 Å². The summed E-state index contributed by atoms with van der Waals surface area (Å²) in [5.41, 5.74) is 1.81. The molecule has 0 radical (unpaired) electrons. The molecule has 180 valence electrons. The summed E-state index contributed by atoms with van der Waals surface area (Å²) in [6, 6.07) is 0. The van der Waals surface area contributed by atoms with Crippen LogP contribution in [0.25, 0.3) is 0 Å². The highest BCUT2D eigenvalue weighted by atomic mass is 16.5. The molecule has 0 saturated heterocycles. The first-order valence-corrected chi connectivity index (χ1v) is 12.7. The predicted molar refractivity (Wildman–Crippen MR) is 125 cm³/mol. The average molecular weight is 455 g/mol. The van der Waals surface area contributed by atoms with E-state index in [1.165, 1.54) is 0 Å². The number of ketones is 1. The Labute approximate surface area is 197 Å². The molecule has 0 aromatic rings. The largest absolute Gasteiger partial charge is 0.458 e. The van der Waals surface area contributed by atoms with Crippen LogP contribution < -0.4 is 0 Å². The molecule has 0 spiro atoms. The molecule has 0 aromatic heterocycles. The van der Waals surface area contributed by atoms with Gasteiger partial charge >= 0.3 is 5.97 Å². The van der Waals surface area contributed by atoms with Gasteiger partial charge in [-0.2, -0.15) is 0 Å². The molecule has 5 rings (SSSR count). The molecule has 1 aliphatic heterocycles. The number of hydrogen-bond acceptors (Lipinski definition) is 5. The second-order valence-corrected chi connectivity index (χ2v) is 11.8. The van der Waals surface area contributed by atoms with Crippen molar-refractivity contribution in [1.82, 2.24) is 0 Å². The van der Waals surface area contributed by atoms with Crippen molar-refractivity contribution in [3.8, 4) is 0 Å². The number of hydrogen-bond donors (Lipinski definition) is 2. The van der Waals surface area contributed by atoms with E-state index in [0.717, 1.165) is 43.3 Å². The summed E-state index contributed by atoms with van der Waals surface area (Å²) in [5.74, 6) is 1.54. The van der Waals surface area contributed by atoms with Crippen molar-refractivity contribution >= 4 is 11.8 Å². The van der Waals surface area contributed by atoms with E-state index in [4.69, 9.17) is 4.74 Å². The maximum atomic E-state index is 13.1. The van der Waals surface area contributed by atoms with E-state index in [9.17, 15) is 19.8 Å². The van der Waals surface area contributed by atoms with Crippen LogP contribution >= 0.6 is 0 Å². The molecule has 1 heterocycles. The molecule has 3 saturated carbocycles. The monoisotopic (exact) mass is 454 g/mol. The smallest absolute Gasteiger partial charge is 0.336 e. The lowest BCUT2D eigenvalue weighted by atomic mass is 9.46.